The number of amides is 1. The van der Waals surface area contributed by atoms with E-state index in [4.69, 9.17) is 18.0 Å². The molecule has 1 amide bonds. The standard InChI is InChI=1S/C12H15N3OS/c1-2-15(9-3-7-14-8-4-9)11(16)12(5-6-12)10(13)17/h3-4,7-8H,2,5-6H2,1H3,(H2,13,17). The molecule has 90 valence electrons. The molecular weight excluding hydrogens is 234 g/mol. The first-order chi connectivity index (χ1) is 8.12. The monoisotopic (exact) mass is 249 g/mol. The summed E-state index contributed by atoms with van der Waals surface area (Å²) < 4.78 is 0. The minimum Gasteiger partial charge on any atom is -0.392 e. The Balaban J connectivity index is 2.26. The van der Waals surface area contributed by atoms with Crippen LogP contribution < -0.4 is 10.6 Å². The highest BCUT2D eigenvalue weighted by Crippen LogP contribution is 2.48. The van der Waals surface area contributed by atoms with Crippen molar-refractivity contribution in [2.75, 3.05) is 11.4 Å². The summed E-state index contributed by atoms with van der Waals surface area (Å²) in [6.07, 6.45) is 4.88. The van der Waals surface area contributed by atoms with E-state index in [9.17, 15) is 4.79 Å². The molecule has 4 nitrogen and oxygen atoms in total. The average Bonchev–Trinajstić information content (AvgIpc) is 3.12. The molecule has 2 rings (SSSR count). The summed E-state index contributed by atoms with van der Waals surface area (Å²) in [5.41, 5.74) is 5.93. The predicted molar refractivity (Wildman–Crippen MR) is 70.7 cm³/mol. The van der Waals surface area contributed by atoms with Crippen molar-refractivity contribution in [3.8, 4) is 0 Å². The van der Waals surface area contributed by atoms with E-state index < -0.39 is 5.41 Å². The zero-order chi connectivity index (χ0) is 12.5. The van der Waals surface area contributed by atoms with E-state index in [0.717, 1.165) is 18.5 Å². The molecule has 0 unspecified atom stereocenters. The van der Waals surface area contributed by atoms with Crippen molar-refractivity contribution in [1.29, 1.82) is 0 Å². The molecule has 0 bridgehead atoms. The number of thiocarbonyl (C=S) groups is 1. The Morgan fingerprint density at radius 3 is 2.53 bits per heavy atom. The van der Waals surface area contributed by atoms with Gasteiger partial charge in [0.1, 0.15) is 0 Å². The van der Waals surface area contributed by atoms with E-state index in [0.29, 0.717) is 11.5 Å². The first-order valence-corrected chi connectivity index (χ1v) is 6.04. The number of carbonyl (C=O) groups excluding carboxylic acids is 1. The van der Waals surface area contributed by atoms with Gasteiger partial charge < -0.3 is 10.6 Å². The summed E-state index contributed by atoms with van der Waals surface area (Å²) in [4.78, 5) is 18.4. The lowest BCUT2D eigenvalue weighted by Gasteiger charge is -2.25. The van der Waals surface area contributed by atoms with Crippen LogP contribution in [0, 0.1) is 5.41 Å². The molecule has 1 heterocycles. The highest BCUT2D eigenvalue weighted by Gasteiger charge is 2.54. The van der Waals surface area contributed by atoms with E-state index in [1.165, 1.54) is 0 Å². The molecule has 0 radical (unpaired) electrons. The fraction of sp³-hybridized carbons (Fsp3) is 0.417. The number of nitrogens with zero attached hydrogens (tertiary/aromatic N) is 2. The lowest BCUT2D eigenvalue weighted by Crippen LogP contribution is -2.42. The van der Waals surface area contributed by atoms with Gasteiger partial charge in [-0.05, 0) is 31.9 Å². The van der Waals surface area contributed by atoms with Gasteiger partial charge >= 0.3 is 0 Å². The molecule has 0 aliphatic heterocycles. The highest BCUT2D eigenvalue weighted by atomic mass is 32.1. The van der Waals surface area contributed by atoms with Gasteiger partial charge in [0.2, 0.25) is 5.91 Å². The normalized spacial score (nSPS) is 16.3. The molecule has 0 spiro atoms. The summed E-state index contributed by atoms with van der Waals surface area (Å²) in [5.74, 6) is 0.0127. The van der Waals surface area contributed by atoms with E-state index in [-0.39, 0.29) is 5.91 Å². The zero-order valence-electron chi connectivity index (χ0n) is 9.72. The molecule has 0 aromatic carbocycles. The number of carbonyl (C=O) groups is 1. The van der Waals surface area contributed by atoms with Crippen LogP contribution in [0.1, 0.15) is 19.8 Å². The summed E-state index contributed by atoms with van der Waals surface area (Å²) in [7, 11) is 0. The number of anilines is 1. The van der Waals surface area contributed by atoms with Crippen LogP contribution in [0.4, 0.5) is 5.69 Å². The van der Waals surface area contributed by atoms with Crippen molar-refractivity contribution < 1.29 is 4.79 Å². The second-order valence-corrected chi connectivity index (χ2v) is 4.64. The Morgan fingerprint density at radius 2 is 2.12 bits per heavy atom. The summed E-state index contributed by atoms with van der Waals surface area (Å²) in [6.45, 7) is 2.54. The Hall–Kier alpha value is -1.49. The number of aromatic nitrogens is 1. The van der Waals surface area contributed by atoms with Crippen LogP contribution in [0.2, 0.25) is 0 Å². The van der Waals surface area contributed by atoms with Crippen molar-refractivity contribution in [3.05, 3.63) is 24.5 Å². The van der Waals surface area contributed by atoms with Crippen LogP contribution in [-0.4, -0.2) is 22.4 Å². The highest BCUT2D eigenvalue weighted by molar-refractivity contribution is 7.80. The molecule has 5 heteroatoms. The molecule has 2 N–H and O–H groups in total. The van der Waals surface area contributed by atoms with Crippen LogP contribution >= 0.6 is 12.2 Å². The third-order valence-corrected chi connectivity index (χ3v) is 3.56. The van der Waals surface area contributed by atoms with Crippen LogP contribution in [0.25, 0.3) is 0 Å². The van der Waals surface area contributed by atoms with Gasteiger partial charge in [0.05, 0.1) is 10.4 Å². The first kappa shape index (κ1) is 12.0. The maximum absolute atomic E-state index is 12.4. The van der Waals surface area contributed by atoms with Gasteiger partial charge in [-0.2, -0.15) is 0 Å². The fourth-order valence-corrected chi connectivity index (χ4v) is 2.21. The van der Waals surface area contributed by atoms with Crippen LogP contribution in [0.15, 0.2) is 24.5 Å². The largest absolute Gasteiger partial charge is 0.392 e. The maximum atomic E-state index is 12.4. The third-order valence-electron chi connectivity index (χ3n) is 3.17. The summed E-state index contributed by atoms with van der Waals surface area (Å²) in [5, 5.41) is 0. The molecule has 1 fully saturated rings. The average molecular weight is 249 g/mol. The second-order valence-electron chi connectivity index (χ2n) is 4.20. The van der Waals surface area contributed by atoms with Gasteiger partial charge in [0, 0.05) is 24.6 Å². The maximum Gasteiger partial charge on any atom is 0.240 e. The van der Waals surface area contributed by atoms with Crippen molar-refractivity contribution in [3.63, 3.8) is 0 Å². The molecule has 1 aliphatic carbocycles. The fourth-order valence-electron chi connectivity index (χ4n) is 1.92. The van der Waals surface area contributed by atoms with Gasteiger partial charge in [0.25, 0.3) is 0 Å². The van der Waals surface area contributed by atoms with Gasteiger partial charge in [-0.15, -0.1) is 0 Å². The molecule has 0 atom stereocenters. The van der Waals surface area contributed by atoms with Gasteiger partial charge in [-0.1, -0.05) is 12.2 Å². The SMILES string of the molecule is CCN(C(=O)C1(C(N)=S)CC1)c1ccncc1. The number of pyridine rings is 1. The van der Waals surface area contributed by atoms with Gasteiger partial charge in [-0.3, -0.25) is 9.78 Å². The number of hydrogen-bond donors (Lipinski definition) is 1. The molecular formula is C12H15N3OS. The minimum absolute atomic E-state index is 0.0127. The molecule has 1 saturated carbocycles. The van der Waals surface area contributed by atoms with Crippen molar-refractivity contribution in [1.82, 2.24) is 4.98 Å². The Labute approximate surface area is 106 Å². The molecule has 0 saturated heterocycles. The van der Waals surface area contributed by atoms with E-state index in [1.54, 1.807) is 17.3 Å². The second kappa shape index (κ2) is 4.41. The van der Waals surface area contributed by atoms with Gasteiger partial charge in [0.15, 0.2) is 0 Å². The minimum atomic E-state index is -0.589. The predicted octanol–water partition coefficient (Wildman–Crippen LogP) is 1.50. The summed E-state index contributed by atoms with van der Waals surface area (Å²) in [6, 6.07) is 3.63. The molecule has 1 aromatic rings. The van der Waals surface area contributed by atoms with E-state index in [1.807, 2.05) is 19.1 Å². The van der Waals surface area contributed by atoms with Crippen LogP contribution in [0.3, 0.4) is 0 Å². The molecule has 17 heavy (non-hydrogen) atoms. The smallest absolute Gasteiger partial charge is 0.240 e. The number of nitrogens with two attached hydrogens (primary N) is 1. The van der Waals surface area contributed by atoms with Crippen LogP contribution in [-0.2, 0) is 4.79 Å². The van der Waals surface area contributed by atoms with Crippen LogP contribution in [0.5, 0.6) is 0 Å². The summed E-state index contributed by atoms with van der Waals surface area (Å²) >= 11 is 5.01. The topological polar surface area (TPSA) is 59.2 Å². The lowest BCUT2D eigenvalue weighted by atomic mass is 10.1. The zero-order valence-corrected chi connectivity index (χ0v) is 10.5. The van der Waals surface area contributed by atoms with E-state index in [2.05, 4.69) is 4.98 Å². The lowest BCUT2D eigenvalue weighted by molar-refractivity contribution is -0.121. The molecule has 1 aliphatic rings. The Morgan fingerprint density at radius 1 is 1.53 bits per heavy atom. The Bertz CT molecular complexity index is 442. The first-order valence-electron chi connectivity index (χ1n) is 5.63. The van der Waals surface area contributed by atoms with E-state index >= 15 is 0 Å². The number of rotatable bonds is 4. The quantitative estimate of drug-likeness (QED) is 0.822. The Kier molecular flexibility index (Phi) is 3.11. The van der Waals surface area contributed by atoms with Gasteiger partial charge in [-0.25, -0.2) is 0 Å². The molecule has 1 aromatic heterocycles. The van der Waals surface area contributed by atoms with Crippen molar-refractivity contribution >= 4 is 28.8 Å². The van der Waals surface area contributed by atoms with Crippen molar-refractivity contribution in [2.45, 2.75) is 19.8 Å². The third kappa shape index (κ3) is 2.02. The number of hydrogen-bond acceptors (Lipinski definition) is 3. The van der Waals surface area contributed by atoms with Crippen molar-refractivity contribution in [2.24, 2.45) is 11.1 Å².